The molecular formula is C12H15N5O5. The second-order valence-corrected chi connectivity index (χ2v) is 4.88. The number of nitrogens with zero attached hydrogens (tertiary/aromatic N) is 3. The first-order valence-corrected chi connectivity index (χ1v) is 6.74. The van der Waals surface area contributed by atoms with Gasteiger partial charge in [0.25, 0.3) is 11.5 Å². The third kappa shape index (κ3) is 2.17. The van der Waals surface area contributed by atoms with Crippen molar-refractivity contribution in [3.8, 4) is 0 Å². The lowest BCUT2D eigenvalue weighted by atomic mass is 10.1. The van der Waals surface area contributed by atoms with Crippen molar-refractivity contribution in [3.63, 3.8) is 0 Å². The Morgan fingerprint density at radius 2 is 2.23 bits per heavy atom. The normalized spacial score (nSPS) is 28.1. The summed E-state index contributed by atoms with van der Waals surface area (Å²) in [4.78, 5) is 33.7. The quantitative estimate of drug-likeness (QED) is 0.507. The lowest BCUT2D eigenvalue weighted by Crippen LogP contribution is -2.42. The van der Waals surface area contributed by atoms with Crippen molar-refractivity contribution < 1.29 is 19.7 Å². The molecule has 3 rings (SSSR count). The van der Waals surface area contributed by atoms with Gasteiger partial charge >= 0.3 is 0 Å². The van der Waals surface area contributed by atoms with Gasteiger partial charge in [0.15, 0.2) is 23.5 Å². The number of amides is 1. The third-order valence-electron chi connectivity index (χ3n) is 3.49. The van der Waals surface area contributed by atoms with Crippen LogP contribution < -0.4 is 10.9 Å². The number of hydrogen-bond donors (Lipinski definition) is 4. The number of imidazole rings is 1. The first-order chi connectivity index (χ1) is 10.5. The Kier molecular flexibility index (Phi) is 3.64. The molecule has 0 spiro atoms. The van der Waals surface area contributed by atoms with E-state index in [9.17, 15) is 19.8 Å². The molecule has 3 heterocycles. The molecule has 118 valence electrons. The molecule has 0 saturated carbocycles. The van der Waals surface area contributed by atoms with Crippen LogP contribution in [0.2, 0.25) is 0 Å². The van der Waals surface area contributed by atoms with Crippen LogP contribution in [-0.2, 0) is 9.53 Å². The number of carbonyl (C=O) groups is 1. The number of ether oxygens (including phenoxy) is 1. The Morgan fingerprint density at radius 3 is 2.95 bits per heavy atom. The smallest absolute Gasteiger partial charge is 0.278 e. The van der Waals surface area contributed by atoms with Crippen LogP contribution >= 0.6 is 0 Å². The van der Waals surface area contributed by atoms with Crippen molar-refractivity contribution in [2.75, 3.05) is 6.54 Å². The van der Waals surface area contributed by atoms with Crippen LogP contribution in [0.5, 0.6) is 0 Å². The monoisotopic (exact) mass is 309 g/mol. The van der Waals surface area contributed by atoms with Crippen molar-refractivity contribution in [2.45, 2.75) is 31.5 Å². The van der Waals surface area contributed by atoms with Crippen LogP contribution in [0.15, 0.2) is 17.4 Å². The van der Waals surface area contributed by atoms with Crippen LogP contribution in [0.4, 0.5) is 0 Å². The summed E-state index contributed by atoms with van der Waals surface area (Å²) in [7, 11) is 0. The van der Waals surface area contributed by atoms with E-state index in [1.54, 1.807) is 6.92 Å². The lowest BCUT2D eigenvalue weighted by molar-refractivity contribution is -0.137. The van der Waals surface area contributed by atoms with Crippen molar-refractivity contribution in [3.05, 3.63) is 23.0 Å². The minimum atomic E-state index is -1.39. The number of hydrogen-bond acceptors (Lipinski definition) is 7. The Morgan fingerprint density at radius 1 is 1.45 bits per heavy atom. The predicted molar refractivity (Wildman–Crippen MR) is 72.8 cm³/mol. The maximum atomic E-state index is 11.8. The summed E-state index contributed by atoms with van der Waals surface area (Å²) < 4.78 is 6.77. The molecule has 1 amide bonds. The number of rotatable bonds is 3. The molecule has 1 aliphatic rings. The van der Waals surface area contributed by atoms with E-state index in [-0.39, 0.29) is 11.2 Å². The summed E-state index contributed by atoms with van der Waals surface area (Å²) in [5, 5.41) is 22.6. The molecule has 0 aliphatic carbocycles. The van der Waals surface area contributed by atoms with Gasteiger partial charge in [-0.3, -0.25) is 14.2 Å². The fourth-order valence-corrected chi connectivity index (χ4v) is 2.43. The maximum Gasteiger partial charge on any atom is 0.278 e. The van der Waals surface area contributed by atoms with E-state index < -0.39 is 36.0 Å². The number of fused-ring (bicyclic) bond motifs is 1. The van der Waals surface area contributed by atoms with Gasteiger partial charge in [0, 0.05) is 6.54 Å². The maximum absolute atomic E-state index is 11.8. The van der Waals surface area contributed by atoms with Gasteiger partial charge in [0.2, 0.25) is 0 Å². The molecule has 0 radical (unpaired) electrons. The lowest BCUT2D eigenvalue weighted by Gasteiger charge is -2.16. The summed E-state index contributed by atoms with van der Waals surface area (Å²) in [5.74, 6) is -0.522. The molecule has 2 aromatic rings. The first kappa shape index (κ1) is 14.6. The van der Waals surface area contributed by atoms with E-state index in [0.717, 1.165) is 0 Å². The van der Waals surface area contributed by atoms with Crippen LogP contribution in [0.3, 0.4) is 0 Å². The number of aromatic nitrogens is 4. The van der Waals surface area contributed by atoms with E-state index in [4.69, 9.17) is 4.74 Å². The molecule has 2 aromatic heterocycles. The van der Waals surface area contributed by atoms with Crippen LogP contribution in [-0.4, -0.2) is 60.5 Å². The standard InChI is InChI=1S/C12H15N5O5/c1-2-13-11(21)8-6(18)7(19)12(22-8)17-4-16-5-9(17)14-3-15-10(5)20/h3-4,6-8,12,18-19H,2H2,1H3,(H,13,21)(H,14,15,20)/t6-,7+,8-,12+/m0/s1. The van der Waals surface area contributed by atoms with Gasteiger partial charge < -0.3 is 25.3 Å². The highest BCUT2D eigenvalue weighted by atomic mass is 16.6. The number of aliphatic hydroxyl groups is 2. The Hall–Kier alpha value is -2.30. The summed E-state index contributed by atoms with van der Waals surface area (Å²) >= 11 is 0. The molecule has 1 fully saturated rings. The van der Waals surface area contributed by atoms with Crippen LogP contribution in [0.25, 0.3) is 11.2 Å². The predicted octanol–water partition coefficient (Wildman–Crippen LogP) is -2.13. The zero-order valence-electron chi connectivity index (χ0n) is 11.6. The Balaban J connectivity index is 1.96. The minimum absolute atomic E-state index is 0.0780. The highest BCUT2D eigenvalue weighted by molar-refractivity contribution is 5.81. The largest absolute Gasteiger partial charge is 0.387 e. The molecule has 1 aliphatic heterocycles. The minimum Gasteiger partial charge on any atom is -0.387 e. The molecule has 1 saturated heterocycles. The molecule has 22 heavy (non-hydrogen) atoms. The fraction of sp³-hybridized carbons (Fsp3) is 0.500. The third-order valence-corrected chi connectivity index (χ3v) is 3.49. The molecule has 4 N–H and O–H groups in total. The fourth-order valence-electron chi connectivity index (χ4n) is 2.43. The molecule has 10 heteroatoms. The second-order valence-electron chi connectivity index (χ2n) is 4.88. The van der Waals surface area contributed by atoms with Gasteiger partial charge in [-0.2, -0.15) is 0 Å². The van der Waals surface area contributed by atoms with Gasteiger partial charge in [0.1, 0.15) is 12.2 Å². The topological polar surface area (TPSA) is 142 Å². The van der Waals surface area contributed by atoms with Gasteiger partial charge in [-0.25, -0.2) is 9.97 Å². The van der Waals surface area contributed by atoms with Gasteiger partial charge in [-0.1, -0.05) is 0 Å². The van der Waals surface area contributed by atoms with Crippen molar-refractivity contribution in [2.24, 2.45) is 0 Å². The number of nitrogens with one attached hydrogen (secondary N) is 2. The van der Waals surface area contributed by atoms with E-state index in [2.05, 4.69) is 20.3 Å². The average Bonchev–Trinajstić information content (AvgIpc) is 3.03. The molecular weight excluding hydrogens is 294 g/mol. The molecule has 0 unspecified atom stereocenters. The van der Waals surface area contributed by atoms with Gasteiger partial charge in [-0.15, -0.1) is 0 Å². The van der Waals surface area contributed by atoms with E-state index >= 15 is 0 Å². The number of likely N-dealkylation sites (N-methyl/N-ethyl adjacent to an activating group) is 1. The van der Waals surface area contributed by atoms with Gasteiger partial charge in [-0.05, 0) is 6.92 Å². The molecule has 0 bridgehead atoms. The average molecular weight is 309 g/mol. The van der Waals surface area contributed by atoms with E-state index in [1.165, 1.54) is 17.2 Å². The zero-order valence-corrected chi connectivity index (χ0v) is 11.6. The van der Waals surface area contributed by atoms with Crippen LogP contribution in [0, 0.1) is 0 Å². The number of H-pyrrole nitrogens is 1. The zero-order chi connectivity index (χ0) is 15.9. The summed E-state index contributed by atoms with van der Waals surface area (Å²) in [5.41, 5.74) is -0.164. The van der Waals surface area contributed by atoms with E-state index in [1.807, 2.05) is 0 Å². The van der Waals surface area contributed by atoms with Crippen LogP contribution in [0.1, 0.15) is 13.2 Å². The first-order valence-electron chi connectivity index (χ1n) is 6.74. The molecule has 10 nitrogen and oxygen atoms in total. The number of aliphatic hydroxyl groups excluding tert-OH is 2. The van der Waals surface area contributed by atoms with Crippen molar-refractivity contribution >= 4 is 17.1 Å². The van der Waals surface area contributed by atoms with E-state index in [0.29, 0.717) is 6.54 Å². The van der Waals surface area contributed by atoms with Crippen molar-refractivity contribution in [1.29, 1.82) is 0 Å². The Labute approximate surface area is 123 Å². The van der Waals surface area contributed by atoms with Gasteiger partial charge in [0.05, 0.1) is 12.7 Å². The number of carbonyl (C=O) groups excluding carboxylic acids is 1. The second kappa shape index (κ2) is 5.48. The highest BCUT2D eigenvalue weighted by Crippen LogP contribution is 2.30. The molecule has 0 aromatic carbocycles. The summed E-state index contributed by atoms with van der Waals surface area (Å²) in [6.45, 7) is 2.10. The summed E-state index contributed by atoms with van der Waals surface area (Å²) in [6, 6.07) is 0. The summed E-state index contributed by atoms with van der Waals surface area (Å²) in [6.07, 6.45) is -2.56. The molecule has 4 atom stereocenters. The highest BCUT2D eigenvalue weighted by Gasteiger charge is 2.47. The Bertz CT molecular complexity index is 756. The SMILES string of the molecule is CCNC(=O)[C@H]1O[C@@H](n2cnc3c(=O)[nH]cnc32)[C@H](O)[C@@H]1O. The number of aromatic amines is 1. The van der Waals surface area contributed by atoms with Crippen molar-refractivity contribution in [1.82, 2.24) is 24.8 Å².